The zero-order valence-corrected chi connectivity index (χ0v) is 13.2. The first kappa shape index (κ1) is 13.9. The maximum Gasteiger partial charge on any atom is 0.134 e. The van der Waals surface area contributed by atoms with E-state index in [0.717, 1.165) is 47.7 Å². The molecule has 0 spiro atoms. The van der Waals surface area contributed by atoms with Gasteiger partial charge < -0.3 is 9.73 Å². The van der Waals surface area contributed by atoms with E-state index in [2.05, 4.69) is 57.3 Å². The van der Waals surface area contributed by atoms with Gasteiger partial charge >= 0.3 is 0 Å². The SMILES string of the molecule is CC1CN(Cc2ccc(-c3ccc(Br)cc3)o2)CCN1. The predicted molar refractivity (Wildman–Crippen MR) is 84.6 cm³/mol. The lowest BCUT2D eigenvalue weighted by Crippen LogP contribution is -2.48. The van der Waals surface area contributed by atoms with E-state index in [9.17, 15) is 0 Å². The van der Waals surface area contributed by atoms with E-state index in [-0.39, 0.29) is 0 Å². The Morgan fingerprint density at radius 1 is 1.25 bits per heavy atom. The molecule has 1 saturated heterocycles. The summed E-state index contributed by atoms with van der Waals surface area (Å²) in [5, 5.41) is 3.46. The van der Waals surface area contributed by atoms with Crippen LogP contribution in [0.15, 0.2) is 45.3 Å². The Kier molecular flexibility index (Phi) is 4.24. The fourth-order valence-electron chi connectivity index (χ4n) is 2.61. The van der Waals surface area contributed by atoms with Crippen LogP contribution in [0.1, 0.15) is 12.7 Å². The monoisotopic (exact) mass is 334 g/mol. The summed E-state index contributed by atoms with van der Waals surface area (Å²) in [4.78, 5) is 2.44. The number of nitrogens with zero attached hydrogens (tertiary/aromatic N) is 1. The summed E-state index contributed by atoms with van der Waals surface area (Å²) in [5.41, 5.74) is 1.12. The molecule has 2 aromatic rings. The second-order valence-corrected chi connectivity index (χ2v) is 6.28. The summed E-state index contributed by atoms with van der Waals surface area (Å²) in [6.07, 6.45) is 0. The van der Waals surface area contributed by atoms with E-state index >= 15 is 0 Å². The van der Waals surface area contributed by atoms with Gasteiger partial charge in [0.05, 0.1) is 6.54 Å². The average Bonchev–Trinajstić information content (AvgIpc) is 2.88. The van der Waals surface area contributed by atoms with Gasteiger partial charge in [0.1, 0.15) is 11.5 Å². The molecule has 1 fully saturated rings. The fraction of sp³-hybridized carbons (Fsp3) is 0.375. The standard InChI is InChI=1S/C16H19BrN2O/c1-12-10-19(9-8-18-12)11-15-6-7-16(20-15)13-2-4-14(17)5-3-13/h2-7,12,18H,8-11H2,1H3. The van der Waals surface area contributed by atoms with Gasteiger partial charge in [-0.25, -0.2) is 0 Å². The van der Waals surface area contributed by atoms with Crippen LogP contribution in [-0.2, 0) is 6.54 Å². The van der Waals surface area contributed by atoms with Crippen LogP contribution in [0.3, 0.4) is 0 Å². The Hall–Kier alpha value is -1.10. The molecule has 0 bridgehead atoms. The molecular formula is C16H19BrN2O. The van der Waals surface area contributed by atoms with Gasteiger partial charge in [0.2, 0.25) is 0 Å². The summed E-state index contributed by atoms with van der Waals surface area (Å²) >= 11 is 3.45. The van der Waals surface area contributed by atoms with Crippen LogP contribution < -0.4 is 5.32 Å². The van der Waals surface area contributed by atoms with Crippen LogP contribution in [0, 0.1) is 0 Å². The summed E-state index contributed by atoms with van der Waals surface area (Å²) in [5.74, 6) is 1.98. The van der Waals surface area contributed by atoms with Crippen molar-refractivity contribution >= 4 is 15.9 Å². The van der Waals surface area contributed by atoms with Crippen molar-refractivity contribution in [2.45, 2.75) is 19.5 Å². The number of rotatable bonds is 3. The van der Waals surface area contributed by atoms with E-state index in [1.165, 1.54) is 0 Å². The number of hydrogen-bond donors (Lipinski definition) is 1. The Labute approximate surface area is 128 Å². The molecule has 4 heteroatoms. The zero-order valence-electron chi connectivity index (χ0n) is 11.6. The molecule has 1 aliphatic rings. The fourth-order valence-corrected chi connectivity index (χ4v) is 2.87. The lowest BCUT2D eigenvalue weighted by atomic mass is 10.2. The second-order valence-electron chi connectivity index (χ2n) is 5.36. The number of benzene rings is 1. The topological polar surface area (TPSA) is 28.4 Å². The molecule has 0 saturated carbocycles. The van der Waals surface area contributed by atoms with Crippen LogP contribution in [0.2, 0.25) is 0 Å². The predicted octanol–water partition coefficient (Wildman–Crippen LogP) is 3.50. The molecule has 20 heavy (non-hydrogen) atoms. The van der Waals surface area contributed by atoms with Crippen molar-refractivity contribution in [3.63, 3.8) is 0 Å². The molecule has 1 aliphatic heterocycles. The Balaban J connectivity index is 1.69. The van der Waals surface area contributed by atoms with Crippen molar-refractivity contribution in [3.05, 3.63) is 46.6 Å². The summed E-state index contributed by atoms with van der Waals surface area (Å²) < 4.78 is 7.06. The molecule has 0 amide bonds. The minimum absolute atomic E-state index is 0.560. The third-order valence-corrected chi connectivity index (χ3v) is 4.15. The number of hydrogen-bond acceptors (Lipinski definition) is 3. The molecule has 1 N–H and O–H groups in total. The van der Waals surface area contributed by atoms with Gasteiger partial charge in [-0.05, 0) is 31.2 Å². The number of piperazine rings is 1. The lowest BCUT2D eigenvalue weighted by molar-refractivity contribution is 0.187. The minimum atomic E-state index is 0.560. The highest BCUT2D eigenvalue weighted by molar-refractivity contribution is 9.10. The normalized spacial score (nSPS) is 20.2. The van der Waals surface area contributed by atoms with Crippen molar-refractivity contribution < 1.29 is 4.42 Å². The van der Waals surface area contributed by atoms with Crippen LogP contribution in [0.5, 0.6) is 0 Å². The smallest absolute Gasteiger partial charge is 0.134 e. The highest BCUT2D eigenvalue weighted by Gasteiger charge is 2.17. The first-order valence-electron chi connectivity index (χ1n) is 7.01. The second kappa shape index (κ2) is 6.12. The molecule has 1 aromatic carbocycles. The Morgan fingerprint density at radius 2 is 2.05 bits per heavy atom. The first-order valence-corrected chi connectivity index (χ1v) is 7.80. The average molecular weight is 335 g/mol. The number of halogens is 1. The summed E-state index contributed by atoms with van der Waals surface area (Å²) in [6, 6.07) is 12.9. The quantitative estimate of drug-likeness (QED) is 0.931. The minimum Gasteiger partial charge on any atom is -0.460 e. The molecule has 1 atom stereocenters. The van der Waals surface area contributed by atoms with Crippen molar-refractivity contribution in [2.75, 3.05) is 19.6 Å². The molecule has 3 rings (SSSR count). The van der Waals surface area contributed by atoms with Crippen LogP contribution >= 0.6 is 15.9 Å². The van der Waals surface area contributed by atoms with Crippen LogP contribution in [-0.4, -0.2) is 30.6 Å². The molecule has 1 unspecified atom stereocenters. The molecule has 0 radical (unpaired) electrons. The van der Waals surface area contributed by atoms with E-state index in [4.69, 9.17) is 4.42 Å². The highest BCUT2D eigenvalue weighted by atomic mass is 79.9. The number of nitrogens with one attached hydrogen (secondary N) is 1. The molecule has 2 heterocycles. The molecule has 106 valence electrons. The van der Waals surface area contributed by atoms with E-state index in [1.807, 2.05) is 12.1 Å². The van der Waals surface area contributed by atoms with Gasteiger partial charge in [0.15, 0.2) is 0 Å². The number of furan rings is 1. The van der Waals surface area contributed by atoms with E-state index < -0.39 is 0 Å². The largest absolute Gasteiger partial charge is 0.460 e. The van der Waals surface area contributed by atoms with Gasteiger partial charge in [-0.15, -0.1) is 0 Å². The van der Waals surface area contributed by atoms with Crippen molar-refractivity contribution in [1.82, 2.24) is 10.2 Å². The maximum absolute atomic E-state index is 5.97. The first-order chi connectivity index (χ1) is 9.70. The van der Waals surface area contributed by atoms with Crippen molar-refractivity contribution in [2.24, 2.45) is 0 Å². The Morgan fingerprint density at radius 3 is 2.80 bits per heavy atom. The summed E-state index contributed by atoms with van der Waals surface area (Å²) in [6.45, 7) is 6.33. The third-order valence-electron chi connectivity index (χ3n) is 3.62. The maximum atomic E-state index is 5.97. The Bertz CT molecular complexity index is 564. The zero-order chi connectivity index (χ0) is 13.9. The van der Waals surface area contributed by atoms with E-state index in [0.29, 0.717) is 6.04 Å². The van der Waals surface area contributed by atoms with E-state index in [1.54, 1.807) is 0 Å². The molecule has 1 aromatic heterocycles. The van der Waals surface area contributed by atoms with Crippen molar-refractivity contribution in [3.8, 4) is 11.3 Å². The highest BCUT2D eigenvalue weighted by Crippen LogP contribution is 2.24. The third kappa shape index (κ3) is 3.32. The van der Waals surface area contributed by atoms with Gasteiger partial charge in [0.25, 0.3) is 0 Å². The lowest BCUT2D eigenvalue weighted by Gasteiger charge is -2.31. The molecule has 3 nitrogen and oxygen atoms in total. The van der Waals surface area contributed by atoms with Gasteiger partial charge in [-0.1, -0.05) is 28.1 Å². The summed E-state index contributed by atoms with van der Waals surface area (Å²) in [7, 11) is 0. The van der Waals surface area contributed by atoms with Gasteiger partial charge in [-0.3, -0.25) is 4.90 Å². The van der Waals surface area contributed by atoms with Gasteiger partial charge in [-0.2, -0.15) is 0 Å². The van der Waals surface area contributed by atoms with Crippen molar-refractivity contribution in [1.29, 1.82) is 0 Å². The molecular weight excluding hydrogens is 316 g/mol. The molecule has 0 aliphatic carbocycles. The van der Waals surface area contributed by atoms with Crippen LogP contribution in [0.25, 0.3) is 11.3 Å². The van der Waals surface area contributed by atoms with Crippen LogP contribution in [0.4, 0.5) is 0 Å². The van der Waals surface area contributed by atoms with Gasteiger partial charge in [0, 0.05) is 35.7 Å².